The quantitative estimate of drug-likeness (QED) is 0.646. The SMILES string of the molecule is CCOC(=O)C1CSC(C(C)=O)C1. The number of esters is 1. The van der Waals surface area contributed by atoms with Crippen LogP contribution in [0.1, 0.15) is 20.3 Å². The van der Waals surface area contributed by atoms with E-state index in [1.165, 1.54) is 0 Å². The molecule has 2 atom stereocenters. The first-order chi connectivity index (χ1) is 6.15. The fraction of sp³-hybridized carbons (Fsp3) is 0.778. The van der Waals surface area contributed by atoms with Gasteiger partial charge in [-0.2, -0.15) is 0 Å². The van der Waals surface area contributed by atoms with Gasteiger partial charge in [0.1, 0.15) is 5.78 Å². The molecule has 0 N–H and O–H groups in total. The van der Waals surface area contributed by atoms with E-state index in [1.807, 2.05) is 0 Å². The molecule has 0 saturated carbocycles. The highest BCUT2D eigenvalue weighted by atomic mass is 32.2. The second-order valence-electron chi connectivity index (χ2n) is 3.12. The Morgan fingerprint density at radius 3 is 2.69 bits per heavy atom. The molecule has 1 heterocycles. The summed E-state index contributed by atoms with van der Waals surface area (Å²) in [6.07, 6.45) is 0.652. The second kappa shape index (κ2) is 4.65. The largest absolute Gasteiger partial charge is 0.466 e. The zero-order valence-corrected chi connectivity index (χ0v) is 8.73. The normalized spacial score (nSPS) is 27.2. The molecule has 1 fully saturated rings. The first kappa shape index (κ1) is 10.6. The van der Waals surface area contributed by atoms with Crippen molar-refractivity contribution in [2.75, 3.05) is 12.4 Å². The molecule has 1 aliphatic heterocycles. The zero-order valence-electron chi connectivity index (χ0n) is 7.91. The maximum Gasteiger partial charge on any atom is 0.309 e. The van der Waals surface area contributed by atoms with Crippen LogP contribution in [0.25, 0.3) is 0 Å². The van der Waals surface area contributed by atoms with Crippen LogP contribution in [0.2, 0.25) is 0 Å². The summed E-state index contributed by atoms with van der Waals surface area (Å²) in [6.45, 7) is 3.79. The number of Topliss-reactive ketones (excluding diaryl/α,β-unsaturated/α-hetero) is 1. The fourth-order valence-electron chi connectivity index (χ4n) is 1.33. The molecule has 0 radical (unpaired) electrons. The van der Waals surface area contributed by atoms with Crippen LogP contribution in [-0.4, -0.2) is 29.4 Å². The summed E-state index contributed by atoms with van der Waals surface area (Å²) in [5, 5.41) is 0.00871. The van der Waals surface area contributed by atoms with Crippen LogP contribution in [-0.2, 0) is 14.3 Å². The first-order valence-corrected chi connectivity index (χ1v) is 5.48. The van der Waals surface area contributed by atoms with Crippen LogP contribution < -0.4 is 0 Å². The van der Waals surface area contributed by atoms with Crippen molar-refractivity contribution in [1.29, 1.82) is 0 Å². The lowest BCUT2D eigenvalue weighted by Crippen LogP contribution is -2.19. The average molecular weight is 202 g/mol. The van der Waals surface area contributed by atoms with Crippen LogP contribution in [0.4, 0.5) is 0 Å². The molecule has 0 aromatic heterocycles. The Kier molecular flexibility index (Phi) is 3.78. The number of hydrogen-bond donors (Lipinski definition) is 0. The van der Waals surface area contributed by atoms with E-state index in [1.54, 1.807) is 25.6 Å². The van der Waals surface area contributed by atoms with Gasteiger partial charge in [0.2, 0.25) is 0 Å². The van der Waals surface area contributed by atoms with Crippen molar-refractivity contribution in [2.24, 2.45) is 5.92 Å². The fourth-order valence-corrected chi connectivity index (χ4v) is 2.67. The maximum absolute atomic E-state index is 11.3. The predicted octanol–water partition coefficient (Wildman–Crippen LogP) is 1.26. The molecule has 1 rings (SSSR count). The van der Waals surface area contributed by atoms with Crippen LogP contribution >= 0.6 is 11.8 Å². The van der Waals surface area contributed by atoms with Crippen molar-refractivity contribution in [3.8, 4) is 0 Å². The highest BCUT2D eigenvalue weighted by molar-refractivity contribution is 8.00. The van der Waals surface area contributed by atoms with Gasteiger partial charge in [-0.05, 0) is 20.3 Å². The van der Waals surface area contributed by atoms with Crippen molar-refractivity contribution < 1.29 is 14.3 Å². The third-order valence-electron chi connectivity index (χ3n) is 2.07. The minimum atomic E-state index is -0.154. The Bertz CT molecular complexity index is 215. The summed E-state index contributed by atoms with van der Waals surface area (Å²) in [6, 6.07) is 0. The lowest BCUT2D eigenvalue weighted by molar-refractivity contribution is -0.147. The molecule has 0 aromatic rings. The molecule has 0 aromatic carbocycles. The molecule has 1 aliphatic rings. The number of thioether (sulfide) groups is 1. The van der Waals surface area contributed by atoms with E-state index in [9.17, 15) is 9.59 Å². The van der Waals surface area contributed by atoms with E-state index < -0.39 is 0 Å². The summed E-state index contributed by atoms with van der Waals surface area (Å²) < 4.78 is 4.89. The van der Waals surface area contributed by atoms with Crippen LogP contribution in [0, 0.1) is 5.92 Å². The molecule has 74 valence electrons. The minimum absolute atomic E-state index is 0.00871. The number of carbonyl (C=O) groups excluding carboxylic acids is 2. The number of carbonyl (C=O) groups is 2. The molecule has 0 aliphatic carbocycles. The third kappa shape index (κ3) is 2.72. The molecule has 4 heteroatoms. The molecular weight excluding hydrogens is 188 g/mol. The molecule has 13 heavy (non-hydrogen) atoms. The Morgan fingerprint density at radius 1 is 1.54 bits per heavy atom. The van der Waals surface area contributed by atoms with E-state index in [-0.39, 0.29) is 22.9 Å². The molecule has 0 bridgehead atoms. The zero-order chi connectivity index (χ0) is 9.84. The first-order valence-electron chi connectivity index (χ1n) is 4.43. The molecule has 2 unspecified atom stereocenters. The lowest BCUT2D eigenvalue weighted by atomic mass is 10.0. The van der Waals surface area contributed by atoms with E-state index in [0.29, 0.717) is 13.0 Å². The topological polar surface area (TPSA) is 43.4 Å². The number of rotatable bonds is 3. The van der Waals surface area contributed by atoms with Gasteiger partial charge in [-0.3, -0.25) is 9.59 Å². The molecule has 1 saturated heterocycles. The maximum atomic E-state index is 11.3. The van der Waals surface area contributed by atoms with Gasteiger partial charge < -0.3 is 4.74 Å². The van der Waals surface area contributed by atoms with Crippen LogP contribution in [0.15, 0.2) is 0 Å². The van der Waals surface area contributed by atoms with Crippen molar-refractivity contribution in [1.82, 2.24) is 0 Å². The van der Waals surface area contributed by atoms with Crippen molar-refractivity contribution >= 4 is 23.5 Å². The highest BCUT2D eigenvalue weighted by Crippen LogP contribution is 2.32. The van der Waals surface area contributed by atoms with E-state index in [4.69, 9.17) is 4.74 Å². The van der Waals surface area contributed by atoms with Crippen LogP contribution in [0.5, 0.6) is 0 Å². The Morgan fingerprint density at radius 2 is 2.23 bits per heavy atom. The van der Waals surface area contributed by atoms with Gasteiger partial charge in [-0.25, -0.2) is 0 Å². The van der Waals surface area contributed by atoms with Gasteiger partial charge in [0.05, 0.1) is 17.8 Å². The summed E-state index contributed by atoms with van der Waals surface area (Å²) in [5.41, 5.74) is 0. The van der Waals surface area contributed by atoms with Gasteiger partial charge in [0.15, 0.2) is 0 Å². The molecule has 0 amide bonds. The van der Waals surface area contributed by atoms with Crippen molar-refractivity contribution in [3.63, 3.8) is 0 Å². The molecular formula is C9H14O3S. The summed E-state index contributed by atoms with van der Waals surface area (Å²) in [4.78, 5) is 22.3. The average Bonchev–Trinajstić information content (AvgIpc) is 2.52. The smallest absolute Gasteiger partial charge is 0.309 e. The molecule has 3 nitrogen and oxygen atoms in total. The summed E-state index contributed by atoms with van der Waals surface area (Å²) in [5.74, 6) is 0.665. The lowest BCUT2D eigenvalue weighted by Gasteiger charge is -2.07. The van der Waals surface area contributed by atoms with Crippen molar-refractivity contribution in [2.45, 2.75) is 25.5 Å². The van der Waals surface area contributed by atoms with E-state index in [2.05, 4.69) is 0 Å². The van der Waals surface area contributed by atoms with E-state index >= 15 is 0 Å². The number of ketones is 1. The second-order valence-corrected chi connectivity index (χ2v) is 4.35. The van der Waals surface area contributed by atoms with Gasteiger partial charge in [0.25, 0.3) is 0 Å². The monoisotopic (exact) mass is 202 g/mol. The summed E-state index contributed by atoms with van der Waals surface area (Å²) >= 11 is 1.56. The third-order valence-corrected chi connectivity index (χ3v) is 3.59. The Balaban J connectivity index is 2.40. The molecule has 0 spiro atoms. The minimum Gasteiger partial charge on any atom is -0.466 e. The summed E-state index contributed by atoms with van der Waals surface area (Å²) in [7, 11) is 0. The highest BCUT2D eigenvalue weighted by Gasteiger charge is 2.33. The number of ether oxygens (including phenoxy) is 1. The van der Waals surface area contributed by atoms with Crippen molar-refractivity contribution in [3.05, 3.63) is 0 Å². The number of hydrogen-bond acceptors (Lipinski definition) is 4. The van der Waals surface area contributed by atoms with Crippen LogP contribution in [0.3, 0.4) is 0 Å². The van der Waals surface area contributed by atoms with Gasteiger partial charge >= 0.3 is 5.97 Å². The van der Waals surface area contributed by atoms with Gasteiger partial charge in [0, 0.05) is 5.75 Å². The predicted molar refractivity (Wildman–Crippen MR) is 51.7 cm³/mol. The Hall–Kier alpha value is -0.510. The van der Waals surface area contributed by atoms with Gasteiger partial charge in [-0.1, -0.05) is 0 Å². The van der Waals surface area contributed by atoms with E-state index in [0.717, 1.165) is 5.75 Å². The Labute approximate surface area is 82.2 Å². The van der Waals surface area contributed by atoms with Gasteiger partial charge in [-0.15, -0.1) is 11.8 Å². The standard InChI is InChI=1S/C9H14O3S/c1-3-12-9(11)7-4-8(6(2)10)13-5-7/h7-8H,3-5H2,1-2H3.